The summed E-state index contributed by atoms with van der Waals surface area (Å²) in [5.41, 5.74) is -0.787. The molecule has 228 valence electrons. The first-order valence-corrected chi connectivity index (χ1v) is 15.6. The highest BCUT2D eigenvalue weighted by atomic mass is 19.4. The Morgan fingerprint density at radius 1 is 0.905 bits per heavy atom. The molecule has 10 heteroatoms. The third kappa shape index (κ3) is 6.70. The van der Waals surface area contributed by atoms with Crippen LogP contribution in [0.3, 0.4) is 0 Å². The molecule has 2 aromatic rings. The quantitative estimate of drug-likeness (QED) is 0.428. The first kappa shape index (κ1) is 29.2. The smallest absolute Gasteiger partial charge is 0.417 e. The van der Waals surface area contributed by atoms with Crippen molar-refractivity contribution in [1.29, 1.82) is 0 Å². The van der Waals surface area contributed by atoms with Crippen molar-refractivity contribution in [1.82, 2.24) is 14.8 Å². The van der Waals surface area contributed by atoms with Crippen LogP contribution in [0.1, 0.15) is 63.4 Å². The van der Waals surface area contributed by atoms with Crippen molar-refractivity contribution in [2.24, 2.45) is 5.92 Å². The molecule has 0 spiro atoms. The maximum absolute atomic E-state index is 13.8. The van der Waals surface area contributed by atoms with Crippen molar-refractivity contribution in [2.75, 3.05) is 44.2 Å². The number of anilines is 1. The minimum Gasteiger partial charge on any atom is -0.486 e. The van der Waals surface area contributed by atoms with Crippen LogP contribution < -0.4 is 14.4 Å². The van der Waals surface area contributed by atoms with Gasteiger partial charge in [-0.25, -0.2) is 4.98 Å². The van der Waals surface area contributed by atoms with E-state index in [4.69, 9.17) is 9.47 Å². The number of para-hydroxylation sites is 2. The van der Waals surface area contributed by atoms with Crippen LogP contribution >= 0.6 is 0 Å². The second-order valence-corrected chi connectivity index (χ2v) is 12.2. The average molecular weight is 587 g/mol. The molecule has 1 aliphatic carbocycles. The minimum atomic E-state index is -4.45. The summed E-state index contributed by atoms with van der Waals surface area (Å²) in [6, 6.07) is 10.7. The van der Waals surface area contributed by atoms with Gasteiger partial charge in [0.05, 0.1) is 5.56 Å². The highest BCUT2D eigenvalue weighted by Crippen LogP contribution is 2.34. The number of carbonyl (C=O) groups is 1. The van der Waals surface area contributed by atoms with Crippen LogP contribution in [0.2, 0.25) is 0 Å². The zero-order valence-electron chi connectivity index (χ0n) is 24.1. The number of carbonyl (C=O) groups excluding carboxylic acids is 1. The second kappa shape index (κ2) is 12.8. The predicted molar refractivity (Wildman–Crippen MR) is 154 cm³/mol. The number of halogens is 3. The summed E-state index contributed by atoms with van der Waals surface area (Å²) in [7, 11) is 0. The van der Waals surface area contributed by atoms with Crippen LogP contribution in [-0.2, 0) is 11.0 Å². The predicted octanol–water partition coefficient (Wildman–Crippen LogP) is 5.78. The van der Waals surface area contributed by atoms with E-state index in [9.17, 15) is 18.0 Å². The van der Waals surface area contributed by atoms with Gasteiger partial charge in [-0.3, -0.25) is 14.6 Å². The van der Waals surface area contributed by atoms with Gasteiger partial charge >= 0.3 is 6.18 Å². The summed E-state index contributed by atoms with van der Waals surface area (Å²) in [6.07, 6.45) is 5.08. The first-order chi connectivity index (χ1) is 20.3. The molecule has 0 N–H and O–H groups in total. The molecule has 3 aliphatic heterocycles. The van der Waals surface area contributed by atoms with E-state index in [1.807, 2.05) is 24.3 Å². The van der Waals surface area contributed by atoms with Gasteiger partial charge < -0.3 is 14.4 Å². The number of amides is 1. The number of benzene rings is 1. The number of aromatic nitrogens is 1. The molecule has 1 aromatic heterocycles. The average Bonchev–Trinajstić information content (AvgIpc) is 3.02. The molecule has 6 rings (SSSR count). The summed E-state index contributed by atoms with van der Waals surface area (Å²) in [4.78, 5) is 24.7. The van der Waals surface area contributed by atoms with Gasteiger partial charge in [0.1, 0.15) is 18.5 Å². The largest absolute Gasteiger partial charge is 0.486 e. The molecule has 0 radical (unpaired) electrons. The van der Waals surface area contributed by atoms with Crippen LogP contribution in [-0.4, -0.2) is 78.2 Å². The summed E-state index contributed by atoms with van der Waals surface area (Å²) >= 11 is 0. The van der Waals surface area contributed by atoms with Crippen molar-refractivity contribution >= 4 is 11.7 Å². The molecule has 7 nitrogen and oxygen atoms in total. The Kier molecular flexibility index (Phi) is 8.90. The lowest BCUT2D eigenvalue weighted by Gasteiger charge is -2.44. The monoisotopic (exact) mass is 586 g/mol. The number of fused-ring (bicyclic) bond motifs is 1. The standard InChI is InChI=1S/C32H41F3N4O3/c33-32(34,35)24-10-11-30(36-20-24)39(31(40)23-6-2-1-3-7-23)26-14-18-38(19-15-26)25-12-16-37(17-13-25)21-27-22-41-28-8-4-5-9-29(28)42-27/h4-5,8-11,20,23,25-27H,1-3,6-7,12-19,21-22H2. The van der Waals surface area contributed by atoms with Crippen molar-refractivity contribution in [2.45, 2.75) is 82.2 Å². The topological polar surface area (TPSA) is 58.1 Å². The van der Waals surface area contributed by atoms with Crippen molar-refractivity contribution in [3.63, 3.8) is 0 Å². The van der Waals surface area contributed by atoms with Crippen LogP contribution in [0.25, 0.3) is 0 Å². The van der Waals surface area contributed by atoms with E-state index < -0.39 is 11.7 Å². The van der Waals surface area contributed by atoms with E-state index in [1.165, 1.54) is 6.07 Å². The van der Waals surface area contributed by atoms with E-state index in [1.54, 1.807) is 4.90 Å². The summed E-state index contributed by atoms with van der Waals surface area (Å²) in [6.45, 7) is 5.18. The molecule has 1 unspecified atom stereocenters. The number of hydrogen-bond acceptors (Lipinski definition) is 6. The SMILES string of the molecule is O=C(C1CCCCC1)N(c1ccc(C(F)(F)F)cn1)C1CCN(C2CCN(CC3COc4ccccc4O3)CC2)CC1. The Labute approximate surface area is 246 Å². The molecule has 1 amide bonds. The summed E-state index contributed by atoms with van der Waals surface area (Å²) in [5, 5.41) is 0. The summed E-state index contributed by atoms with van der Waals surface area (Å²) in [5.74, 6) is 1.93. The van der Waals surface area contributed by atoms with E-state index in [2.05, 4.69) is 14.8 Å². The molecular weight excluding hydrogens is 545 g/mol. The lowest BCUT2D eigenvalue weighted by molar-refractivity contribution is -0.137. The fourth-order valence-electron chi connectivity index (χ4n) is 7.14. The number of rotatable bonds is 6. The number of likely N-dealkylation sites (tertiary alicyclic amines) is 2. The highest BCUT2D eigenvalue weighted by Gasteiger charge is 2.37. The van der Waals surface area contributed by atoms with Gasteiger partial charge in [0.2, 0.25) is 5.91 Å². The Bertz CT molecular complexity index is 1190. The first-order valence-electron chi connectivity index (χ1n) is 15.6. The van der Waals surface area contributed by atoms with Gasteiger partial charge in [-0.1, -0.05) is 31.4 Å². The number of alkyl halides is 3. The highest BCUT2D eigenvalue weighted by molar-refractivity contribution is 5.94. The molecule has 1 saturated carbocycles. The number of ether oxygens (including phenoxy) is 2. The van der Waals surface area contributed by atoms with Crippen LogP contribution in [0.4, 0.5) is 19.0 Å². The minimum absolute atomic E-state index is 0.0266. The zero-order valence-corrected chi connectivity index (χ0v) is 24.1. The zero-order chi connectivity index (χ0) is 29.1. The van der Waals surface area contributed by atoms with Gasteiger partial charge in [-0.05, 0) is 75.9 Å². The van der Waals surface area contributed by atoms with E-state index in [-0.39, 0.29) is 24.0 Å². The third-order valence-corrected chi connectivity index (χ3v) is 9.48. The Morgan fingerprint density at radius 2 is 1.62 bits per heavy atom. The van der Waals surface area contributed by atoms with E-state index in [0.717, 1.165) is 114 Å². The molecule has 1 aromatic carbocycles. The van der Waals surface area contributed by atoms with Crippen LogP contribution in [0.5, 0.6) is 11.5 Å². The fourth-order valence-corrected chi connectivity index (χ4v) is 7.14. The number of hydrogen-bond donors (Lipinski definition) is 0. The Morgan fingerprint density at radius 3 is 2.29 bits per heavy atom. The van der Waals surface area contributed by atoms with Crippen LogP contribution in [0.15, 0.2) is 42.6 Å². The second-order valence-electron chi connectivity index (χ2n) is 12.2. The number of pyridine rings is 1. The maximum atomic E-state index is 13.8. The van der Waals surface area contributed by atoms with Gasteiger partial charge in [0.15, 0.2) is 11.5 Å². The third-order valence-electron chi connectivity index (χ3n) is 9.48. The number of nitrogens with zero attached hydrogens (tertiary/aromatic N) is 4. The number of piperidine rings is 2. The Balaban J connectivity index is 1.04. The van der Waals surface area contributed by atoms with Gasteiger partial charge in [-0.15, -0.1) is 0 Å². The molecule has 0 bridgehead atoms. The lowest BCUT2D eigenvalue weighted by atomic mass is 9.87. The van der Waals surface area contributed by atoms with Gasteiger partial charge in [-0.2, -0.15) is 13.2 Å². The molecule has 2 saturated heterocycles. The summed E-state index contributed by atoms with van der Waals surface area (Å²) < 4.78 is 51.7. The Hall–Kier alpha value is -2.85. The van der Waals surface area contributed by atoms with Crippen molar-refractivity contribution in [3.8, 4) is 11.5 Å². The molecular formula is C32H41F3N4O3. The normalized spacial score (nSPS) is 23.5. The maximum Gasteiger partial charge on any atom is 0.417 e. The molecule has 3 fully saturated rings. The van der Waals surface area contributed by atoms with E-state index >= 15 is 0 Å². The van der Waals surface area contributed by atoms with E-state index in [0.29, 0.717) is 18.5 Å². The fraction of sp³-hybridized carbons (Fsp3) is 0.625. The molecule has 4 heterocycles. The molecule has 42 heavy (non-hydrogen) atoms. The van der Waals surface area contributed by atoms with Crippen molar-refractivity contribution < 1.29 is 27.4 Å². The van der Waals surface area contributed by atoms with Gasteiger partial charge in [0.25, 0.3) is 0 Å². The lowest BCUT2D eigenvalue weighted by Crippen LogP contribution is -2.54. The van der Waals surface area contributed by atoms with Gasteiger partial charge in [0, 0.05) is 43.8 Å². The molecule has 4 aliphatic rings. The molecule has 1 atom stereocenters. The van der Waals surface area contributed by atoms with Crippen LogP contribution in [0, 0.1) is 5.92 Å². The van der Waals surface area contributed by atoms with Crippen molar-refractivity contribution in [3.05, 3.63) is 48.2 Å².